The van der Waals surface area contributed by atoms with E-state index in [4.69, 9.17) is 4.74 Å². The smallest absolute Gasteiger partial charge is 0.326 e. The van der Waals surface area contributed by atoms with Crippen LogP contribution in [0.15, 0.2) is 42.5 Å². The Morgan fingerprint density at radius 2 is 1.71 bits per heavy atom. The second-order valence-electron chi connectivity index (χ2n) is 7.64. The van der Waals surface area contributed by atoms with Gasteiger partial charge in [0.2, 0.25) is 0 Å². The lowest BCUT2D eigenvalue weighted by Gasteiger charge is -2.25. The Hall–Kier alpha value is -3.42. The van der Waals surface area contributed by atoms with Crippen LogP contribution in [0.1, 0.15) is 39.5 Å². The zero-order valence-electron chi connectivity index (χ0n) is 17.8. The largest absolute Gasteiger partial charge is 0.454 e. The molecule has 3 rings (SSSR count). The third-order valence-electron chi connectivity index (χ3n) is 5.31. The molecule has 0 aromatic heterocycles. The molecule has 2 aromatic rings. The standard InChI is InChI=1S/C23H27N3O5/c1-3-12-23(13-4-2)21(29)26(22(30)25-23)14-20(28)31-15-19(27)24-18-11-7-9-16-8-5-6-10-17(16)18/h5-11H,3-4,12-15H2,1-2H3,(H,24,27)(H,25,30). The van der Waals surface area contributed by atoms with Crippen molar-refractivity contribution in [3.8, 4) is 0 Å². The Morgan fingerprint density at radius 1 is 1.03 bits per heavy atom. The molecule has 1 heterocycles. The van der Waals surface area contributed by atoms with E-state index in [0.717, 1.165) is 28.5 Å². The number of nitrogens with one attached hydrogen (secondary N) is 2. The summed E-state index contributed by atoms with van der Waals surface area (Å²) in [6.07, 6.45) is 2.45. The molecule has 1 aliphatic heterocycles. The minimum Gasteiger partial charge on any atom is -0.454 e. The maximum atomic E-state index is 12.8. The first kappa shape index (κ1) is 22.3. The fraction of sp³-hybridized carbons (Fsp3) is 0.391. The molecule has 8 nitrogen and oxygen atoms in total. The van der Waals surface area contributed by atoms with Crippen molar-refractivity contribution in [3.63, 3.8) is 0 Å². The van der Waals surface area contributed by atoms with Crippen molar-refractivity contribution in [2.24, 2.45) is 0 Å². The van der Waals surface area contributed by atoms with Crippen LogP contribution in [0, 0.1) is 0 Å². The molecule has 0 saturated carbocycles. The number of carbonyl (C=O) groups is 4. The molecule has 31 heavy (non-hydrogen) atoms. The molecule has 0 spiro atoms. The van der Waals surface area contributed by atoms with Crippen LogP contribution in [0.2, 0.25) is 0 Å². The molecule has 2 aromatic carbocycles. The molecule has 0 radical (unpaired) electrons. The van der Waals surface area contributed by atoms with Crippen molar-refractivity contribution < 1.29 is 23.9 Å². The molecule has 0 atom stereocenters. The van der Waals surface area contributed by atoms with Crippen LogP contribution < -0.4 is 10.6 Å². The number of ether oxygens (including phenoxy) is 1. The van der Waals surface area contributed by atoms with Crippen LogP contribution in [0.3, 0.4) is 0 Å². The van der Waals surface area contributed by atoms with Crippen molar-refractivity contribution in [2.45, 2.75) is 45.1 Å². The highest BCUT2D eigenvalue weighted by molar-refractivity contribution is 6.09. The van der Waals surface area contributed by atoms with Crippen LogP contribution >= 0.6 is 0 Å². The van der Waals surface area contributed by atoms with Crippen molar-refractivity contribution in [3.05, 3.63) is 42.5 Å². The highest BCUT2D eigenvalue weighted by atomic mass is 16.5. The van der Waals surface area contributed by atoms with Gasteiger partial charge in [0, 0.05) is 11.1 Å². The van der Waals surface area contributed by atoms with Gasteiger partial charge in [0.1, 0.15) is 12.1 Å². The summed E-state index contributed by atoms with van der Waals surface area (Å²) < 4.78 is 5.01. The number of nitrogens with zero attached hydrogens (tertiary/aromatic N) is 1. The zero-order chi connectivity index (χ0) is 22.4. The minimum atomic E-state index is -0.966. The van der Waals surface area contributed by atoms with Crippen molar-refractivity contribution in [2.75, 3.05) is 18.5 Å². The fourth-order valence-electron chi connectivity index (χ4n) is 3.98. The number of urea groups is 1. The zero-order valence-corrected chi connectivity index (χ0v) is 17.8. The van der Waals surface area contributed by atoms with Gasteiger partial charge in [-0.15, -0.1) is 0 Å². The van der Waals surface area contributed by atoms with E-state index in [2.05, 4.69) is 10.6 Å². The van der Waals surface area contributed by atoms with Crippen molar-refractivity contribution in [1.29, 1.82) is 0 Å². The van der Waals surface area contributed by atoms with E-state index in [9.17, 15) is 19.2 Å². The van der Waals surface area contributed by atoms with Crippen LogP contribution in [-0.4, -0.2) is 47.4 Å². The monoisotopic (exact) mass is 425 g/mol. The lowest BCUT2D eigenvalue weighted by Crippen LogP contribution is -2.47. The van der Waals surface area contributed by atoms with Crippen LogP contribution in [0.4, 0.5) is 10.5 Å². The SMILES string of the molecule is CCCC1(CCC)NC(=O)N(CC(=O)OCC(=O)Nc2cccc3ccccc23)C1=O. The Morgan fingerprint density at radius 3 is 2.42 bits per heavy atom. The van der Waals surface area contributed by atoms with E-state index in [-0.39, 0.29) is 0 Å². The number of esters is 1. The summed E-state index contributed by atoms with van der Waals surface area (Å²) in [5.74, 6) is -1.74. The topological polar surface area (TPSA) is 105 Å². The van der Waals surface area contributed by atoms with E-state index in [1.54, 1.807) is 6.07 Å². The molecule has 1 saturated heterocycles. The number of benzene rings is 2. The predicted molar refractivity (Wildman–Crippen MR) is 116 cm³/mol. The highest BCUT2D eigenvalue weighted by Crippen LogP contribution is 2.28. The van der Waals surface area contributed by atoms with Gasteiger partial charge in [-0.2, -0.15) is 0 Å². The summed E-state index contributed by atoms with van der Waals surface area (Å²) >= 11 is 0. The Kier molecular flexibility index (Phi) is 6.89. The van der Waals surface area contributed by atoms with Gasteiger partial charge >= 0.3 is 12.0 Å². The van der Waals surface area contributed by atoms with Gasteiger partial charge in [-0.05, 0) is 24.3 Å². The van der Waals surface area contributed by atoms with Crippen LogP contribution in [0.25, 0.3) is 10.8 Å². The quantitative estimate of drug-likeness (QED) is 0.474. The number of carbonyl (C=O) groups excluding carboxylic acids is 4. The maximum absolute atomic E-state index is 12.8. The Bertz CT molecular complexity index is 992. The van der Waals surface area contributed by atoms with E-state index >= 15 is 0 Å². The first-order valence-electron chi connectivity index (χ1n) is 10.5. The minimum absolute atomic E-state index is 0.418. The summed E-state index contributed by atoms with van der Waals surface area (Å²) in [6, 6.07) is 12.5. The van der Waals surface area contributed by atoms with Gasteiger partial charge in [0.25, 0.3) is 11.8 Å². The van der Waals surface area contributed by atoms with Gasteiger partial charge in [0.15, 0.2) is 6.61 Å². The van der Waals surface area contributed by atoms with E-state index in [1.165, 1.54) is 0 Å². The third kappa shape index (κ3) is 4.84. The molecular weight excluding hydrogens is 398 g/mol. The molecule has 1 aliphatic rings. The molecule has 0 unspecified atom stereocenters. The van der Waals surface area contributed by atoms with Gasteiger partial charge in [-0.25, -0.2) is 4.79 Å². The summed E-state index contributed by atoms with van der Waals surface area (Å²) in [6.45, 7) is 2.83. The summed E-state index contributed by atoms with van der Waals surface area (Å²) in [5, 5.41) is 7.30. The normalized spacial score (nSPS) is 15.1. The highest BCUT2D eigenvalue weighted by Gasteiger charge is 2.50. The van der Waals surface area contributed by atoms with Crippen LogP contribution in [0.5, 0.6) is 0 Å². The van der Waals surface area contributed by atoms with E-state index < -0.39 is 42.5 Å². The first-order chi connectivity index (χ1) is 14.9. The molecule has 0 bridgehead atoms. The van der Waals surface area contributed by atoms with Gasteiger partial charge in [0.05, 0.1) is 0 Å². The van der Waals surface area contributed by atoms with Crippen molar-refractivity contribution in [1.82, 2.24) is 10.2 Å². The van der Waals surface area contributed by atoms with Gasteiger partial charge < -0.3 is 15.4 Å². The average Bonchev–Trinajstić information content (AvgIpc) is 2.97. The number of imide groups is 1. The molecular formula is C23H27N3O5. The average molecular weight is 425 g/mol. The Labute approximate surface area is 180 Å². The van der Waals surface area contributed by atoms with Crippen LogP contribution in [-0.2, 0) is 19.1 Å². The summed E-state index contributed by atoms with van der Waals surface area (Å²) in [7, 11) is 0. The number of rotatable bonds is 9. The first-order valence-corrected chi connectivity index (χ1v) is 10.5. The molecule has 0 aliphatic carbocycles. The predicted octanol–water partition coefficient (Wildman–Crippen LogP) is 3.21. The molecule has 8 heteroatoms. The van der Waals surface area contributed by atoms with E-state index in [1.807, 2.05) is 50.2 Å². The lowest BCUT2D eigenvalue weighted by atomic mass is 9.88. The molecule has 164 valence electrons. The third-order valence-corrected chi connectivity index (χ3v) is 5.31. The second kappa shape index (κ2) is 9.59. The number of amides is 4. The van der Waals surface area contributed by atoms with Gasteiger partial charge in [-0.3, -0.25) is 19.3 Å². The van der Waals surface area contributed by atoms with Gasteiger partial charge in [-0.1, -0.05) is 63.1 Å². The Balaban J connectivity index is 1.56. The molecule has 4 amide bonds. The van der Waals surface area contributed by atoms with E-state index in [0.29, 0.717) is 18.5 Å². The number of anilines is 1. The van der Waals surface area contributed by atoms with Crippen molar-refractivity contribution >= 4 is 40.3 Å². The number of hydrogen-bond donors (Lipinski definition) is 2. The summed E-state index contributed by atoms with van der Waals surface area (Å²) in [5.41, 5.74) is -0.357. The number of fused-ring (bicyclic) bond motifs is 1. The fourth-order valence-corrected chi connectivity index (χ4v) is 3.98. The maximum Gasteiger partial charge on any atom is 0.326 e. The number of hydrogen-bond acceptors (Lipinski definition) is 5. The molecule has 1 fully saturated rings. The lowest BCUT2D eigenvalue weighted by molar-refractivity contribution is -0.150. The molecule has 2 N–H and O–H groups in total. The second-order valence-corrected chi connectivity index (χ2v) is 7.64. The summed E-state index contributed by atoms with van der Waals surface area (Å²) in [4.78, 5) is 50.4.